The minimum Gasteiger partial charge on any atom is -0.497 e. The molecule has 6 heteroatoms. The number of hydrogen-bond donors (Lipinski definition) is 2. The standard InChI is InChI=1S/C21H21FN2O3/c1-26-18-10-4-15(5-11-18)14-23-24-21(25)13-19(20-3-2-12-27-20)16-6-8-17(22)9-7-16/h2-12,19,23H,13-14H2,1H3,(H,24,25)/t19-/m0/s1. The lowest BCUT2D eigenvalue weighted by Crippen LogP contribution is -2.37. The number of carbonyl (C=O) groups excluding carboxylic acids is 1. The maximum Gasteiger partial charge on any atom is 0.235 e. The van der Waals surface area contributed by atoms with E-state index in [4.69, 9.17) is 9.15 Å². The normalized spacial score (nSPS) is 11.8. The molecule has 3 rings (SSSR count). The van der Waals surface area contributed by atoms with Gasteiger partial charge in [-0.2, -0.15) is 0 Å². The summed E-state index contributed by atoms with van der Waals surface area (Å²) in [4.78, 5) is 12.4. The van der Waals surface area contributed by atoms with Gasteiger partial charge in [-0.1, -0.05) is 24.3 Å². The Hall–Kier alpha value is -3.12. The number of nitrogens with one attached hydrogen (secondary N) is 2. The van der Waals surface area contributed by atoms with Crippen molar-refractivity contribution in [2.45, 2.75) is 18.9 Å². The molecule has 0 spiro atoms. The largest absolute Gasteiger partial charge is 0.497 e. The first-order valence-corrected chi connectivity index (χ1v) is 8.59. The minimum atomic E-state index is -0.317. The van der Waals surface area contributed by atoms with E-state index in [0.717, 1.165) is 16.9 Å². The monoisotopic (exact) mass is 368 g/mol. The van der Waals surface area contributed by atoms with Crippen molar-refractivity contribution in [3.8, 4) is 5.75 Å². The third-order valence-corrected chi connectivity index (χ3v) is 4.23. The topological polar surface area (TPSA) is 63.5 Å². The third-order valence-electron chi connectivity index (χ3n) is 4.23. The number of halogens is 1. The van der Waals surface area contributed by atoms with Crippen LogP contribution in [0.25, 0.3) is 0 Å². The molecule has 1 amide bonds. The molecule has 140 valence electrons. The maximum absolute atomic E-state index is 13.2. The van der Waals surface area contributed by atoms with Gasteiger partial charge in [-0.25, -0.2) is 9.82 Å². The van der Waals surface area contributed by atoms with Crippen molar-refractivity contribution < 1.29 is 18.3 Å². The number of amides is 1. The number of rotatable bonds is 8. The second-order valence-electron chi connectivity index (χ2n) is 6.07. The zero-order valence-electron chi connectivity index (χ0n) is 14.9. The zero-order chi connectivity index (χ0) is 19.1. The van der Waals surface area contributed by atoms with Crippen LogP contribution in [0.2, 0.25) is 0 Å². The van der Waals surface area contributed by atoms with E-state index in [1.165, 1.54) is 12.1 Å². The van der Waals surface area contributed by atoms with Crippen molar-refractivity contribution >= 4 is 5.91 Å². The van der Waals surface area contributed by atoms with Crippen molar-refractivity contribution in [2.75, 3.05) is 7.11 Å². The van der Waals surface area contributed by atoms with Crippen molar-refractivity contribution in [2.24, 2.45) is 0 Å². The highest BCUT2D eigenvalue weighted by molar-refractivity contribution is 5.76. The second-order valence-corrected chi connectivity index (χ2v) is 6.07. The van der Waals surface area contributed by atoms with Gasteiger partial charge < -0.3 is 9.15 Å². The summed E-state index contributed by atoms with van der Waals surface area (Å²) in [5.74, 6) is 0.649. The minimum absolute atomic E-state index is 0.175. The third kappa shape index (κ3) is 5.18. The van der Waals surface area contributed by atoms with Gasteiger partial charge in [0.2, 0.25) is 5.91 Å². The summed E-state index contributed by atoms with van der Waals surface area (Å²) in [6.07, 6.45) is 1.74. The van der Waals surface area contributed by atoms with E-state index >= 15 is 0 Å². The lowest BCUT2D eigenvalue weighted by molar-refractivity contribution is -0.122. The molecule has 1 atom stereocenters. The molecule has 2 N–H and O–H groups in total. The van der Waals surface area contributed by atoms with E-state index in [1.54, 1.807) is 31.6 Å². The first-order valence-electron chi connectivity index (χ1n) is 8.59. The maximum atomic E-state index is 13.2. The van der Waals surface area contributed by atoms with E-state index in [9.17, 15) is 9.18 Å². The van der Waals surface area contributed by atoms with Crippen LogP contribution in [0.5, 0.6) is 5.75 Å². The average molecular weight is 368 g/mol. The molecular formula is C21H21FN2O3. The Balaban J connectivity index is 1.58. The molecule has 0 unspecified atom stereocenters. The van der Waals surface area contributed by atoms with E-state index in [2.05, 4.69) is 10.9 Å². The molecule has 1 aromatic heterocycles. The summed E-state index contributed by atoms with van der Waals surface area (Å²) in [5.41, 5.74) is 7.44. The quantitative estimate of drug-likeness (QED) is 0.594. The molecule has 3 aromatic rings. The second kappa shape index (κ2) is 9.00. The number of carbonyl (C=O) groups is 1. The number of ether oxygens (including phenoxy) is 1. The molecule has 2 aromatic carbocycles. The van der Waals surface area contributed by atoms with Gasteiger partial charge in [-0.15, -0.1) is 0 Å². The fourth-order valence-corrected chi connectivity index (χ4v) is 2.79. The van der Waals surface area contributed by atoms with Gasteiger partial charge in [0.1, 0.15) is 17.3 Å². The van der Waals surface area contributed by atoms with Gasteiger partial charge in [0.05, 0.1) is 19.3 Å². The van der Waals surface area contributed by atoms with Crippen molar-refractivity contribution in [3.63, 3.8) is 0 Å². The average Bonchev–Trinajstić information content (AvgIpc) is 3.22. The van der Waals surface area contributed by atoms with Crippen LogP contribution in [0.15, 0.2) is 71.3 Å². The van der Waals surface area contributed by atoms with Crippen LogP contribution in [0.3, 0.4) is 0 Å². The molecule has 5 nitrogen and oxygen atoms in total. The predicted octanol–water partition coefficient (Wildman–Crippen LogP) is 3.77. The molecule has 0 aliphatic heterocycles. The van der Waals surface area contributed by atoms with Crippen LogP contribution in [0.4, 0.5) is 4.39 Å². The molecule has 0 aliphatic carbocycles. The van der Waals surface area contributed by atoms with E-state index in [-0.39, 0.29) is 24.1 Å². The first kappa shape index (κ1) is 18.7. The molecule has 0 aliphatic rings. The van der Waals surface area contributed by atoms with Gasteiger partial charge >= 0.3 is 0 Å². The summed E-state index contributed by atoms with van der Waals surface area (Å²) < 4.78 is 23.8. The molecule has 0 bridgehead atoms. The van der Waals surface area contributed by atoms with Crippen LogP contribution < -0.4 is 15.6 Å². The Morgan fingerprint density at radius 1 is 1.11 bits per heavy atom. The smallest absolute Gasteiger partial charge is 0.235 e. The van der Waals surface area contributed by atoms with Crippen LogP contribution >= 0.6 is 0 Å². The molecule has 1 heterocycles. The van der Waals surface area contributed by atoms with Gasteiger partial charge in [-0.3, -0.25) is 10.2 Å². The Bertz CT molecular complexity index is 846. The van der Waals surface area contributed by atoms with Crippen molar-refractivity contribution in [1.82, 2.24) is 10.9 Å². The molecule has 0 fully saturated rings. The van der Waals surface area contributed by atoms with Gasteiger partial charge in [0.15, 0.2) is 0 Å². The lowest BCUT2D eigenvalue weighted by atomic mass is 9.93. The SMILES string of the molecule is COc1ccc(CNNC(=O)C[C@@H](c2ccc(F)cc2)c2ccco2)cc1. The molecule has 0 radical (unpaired) electrons. The number of furan rings is 1. The summed E-state index contributed by atoms with van der Waals surface area (Å²) in [6.45, 7) is 0.484. The number of hydrogen-bond acceptors (Lipinski definition) is 4. The summed E-state index contributed by atoms with van der Waals surface area (Å²) in [7, 11) is 1.62. The number of benzene rings is 2. The number of methoxy groups -OCH3 is 1. The Kier molecular flexibility index (Phi) is 6.22. The highest BCUT2D eigenvalue weighted by Gasteiger charge is 2.20. The van der Waals surface area contributed by atoms with Crippen LogP contribution in [0, 0.1) is 5.82 Å². The van der Waals surface area contributed by atoms with Crippen molar-refractivity contribution in [3.05, 3.63) is 89.6 Å². The molecular weight excluding hydrogens is 347 g/mol. The Labute approximate surface area is 157 Å². The van der Waals surface area contributed by atoms with E-state index in [0.29, 0.717) is 12.3 Å². The Morgan fingerprint density at radius 2 is 1.85 bits per heavy atom. The van der Waals surface area contributed by atoms with E-state index < -0.39 is 0 Å². The van der Waals surface area contributed by atoms with Crippen LogP contribution in [0.1, 0.15) is 29.2 Å². The van der Waals surface area contributed by atoms with Crippen LogP contribution in [-0.2, 0) is 11.3 Å². The van der Waals surface area contributed by atoms with Crippen molar-refractivity contribution in [1.29, 1.82) is 0 Å². The van der Waals surface area contributed by atoms with Gasteiger partial charge in [0.25, 0.3) is 0 Å². The fraction of sp³-hybridized carbons (Fsp3) is 0.190. The summed E-state index contributed by atoms with van der Waals surface area (Å²) in [6, 6.07) is 17.2. The molecule has 0 saturated carbocycles. The predicted molar refractivity (Wildman–Crippen MR) is 99.5 cm³/mol. The highest BCUT2D eigenvalue weighted by atomic mass is 19.1. The van der Waals surface area contributed by atoms with Gasteiger partial charge in [0, 0.05) is 13.0 Å². The van der Waals surface area contributed by atoms with E-state index in [1.807, 2.05) is 30.3 Å². The highest BCUT2D eigenvalue weighted by Crippen LogP contribution is 2.28. The van der Waals surface area contributed by atoms with Crippen LogP contribution in [-0.4, -0.2) is 13.0 Å². The Morgan fingerprint density at radius 3 is 2.48 bits per heavy atom. The first-order chi connectivity index (χ1) is 13.2. The lowest BCUT2D eigenvalue weighted by Gasteiger charge is -2.15. The summed E-state index contributed by atoms with van der Waals surface area (Å²) >= 11 is 0. The summed E-state index contributed by atoms with van der Waals surface area (Å²) in [5, 5.41) is 0. The fourth-order valence-electron chi connectivity index (χ4n) is 2.79. The zero-order valence-corrected chi connectivity index (χ0v) is 14.9. The number of hydrazine groups is 1. The van der Waals surface area contributed by atoms with Gasteiger partial charge in [-0.05, 0) is 47.5 Å². The molecule has 27 heavy (non-hydrogen) atoms. The molecule has 0 saturated heterocycles.